The summed E-state index contributed by atoms with van der Waals surface area (Å²) < 4.78 is 40.6. The first kappa shape index (κ1) is 25.4. The van der Waals surface area contributed by atoms with E-state index in [1.165, 1.54) is 36.4 Å². The van der Waals surface area contributed by atoms with Gasteiger partial charge >= 0.3 is 6.36 Å². The molecule has 1 N–H and O–H groups in total. The minimum Gasteiger partial charge on any atom is -0.406 e. The Morgan fingerprint density at radius 1 is 1.11 bits per heavy atom. The molecule has 1 aliphatic rings. The van der Waals surface area contributed by atoms with Crippen LogP contribution < -0.4 is 15.0 Å². The number of nitrogens with zero attached hydrogens (tertiary/aromatic N) is 4. The van der Waals surface area contributed by atoms with Crippen molar-refractivity contribution < 1.29 is 22.7 Å². The van der Waals surface area contributed by atoms with Crippen molar-refractivity contribution in [3.05, 3.63) is 59.8 Å². The highest BCUT2D eigenvalue weighted by Crippen LogP contribution is 2.26. The fraction of sp³-hybridized carbons (Fsp3) is 0.346. The van der Waals surface area contributed by atoms with Crippen LogP contribution in [0.3, 0.4) is 0 Å². The second-order valence-electron chi connectivity index (χ2n) is 8.96. The Bertz CT molecular complexity index is 1250. The summed E-state index contributed by atoms with van der Waals surface area (Å²) in [6, 6.07) is 11.3. The first-order chi connectivity index (χ1) is 17.1. The molecular formula is C26H28F3N5O2. The number of benzene rings is 2. The zero-order chi connectivity index (χ0) is 25.9. The fourth-order valence-corrected chi connectivity index (χ4v) is 4.20. The molecule has 2 heterocycles. The Labute approximate surface area is 207 Å². The van der Waals surface area contributed by atoms with Crippen LogP contribution in [0.5, 0.6) is 5.75 Å². The van der Waals surface area contributed by atoms with Crippen LogP contribution in [0, 0.1) is 6.92 Å². The fourth-order valence-electron chi connectivity index (χ4n) is 4.20. The molecule has 36 heavy (non-hydrogen) atoms. The smallest absolute Gasteiger partial charge is 0.406 e. The van der Waals surface area contributed by atoms with E-state index in [-0.39, 0.29) is 11.7 Å². The number of amides is 1. The van der Waals surface area contributed by atoms with Crippen LogP contribution in [-0.2, 0) is 4.79 Å². The highest BCUT2D eigenvalue weighted by Gasteiger charge is 2.31. The maximum Gasteiger partial charge on any atom is 0.573 e. The average molecular weight is 500 g/mol. The number of hydrogen-bond acceptors (Lipinski definition) is 6. The second-order valence-corrected chi connectivity index (χ2v) is 8.96. The molecule has 0 bridgehead atoms. The molecule has 10 heteroatoms. The van der Waals surface area contributed by atoms with Gasteiger partial charge in [0.25, 0.3) is 0 Å². The molecule has 1 aliphatic heterocycles. The molecule has 2 aromatic carbocycles. The number of aromatic nitrogens is 2. The van der Waals surface area contributed by atoms with Gasteiger partial charge in [0.2, 0.25) is 11.9 Å². The molecule has 0 spiro atoms. The van der Waals surface area contributed by atoms with Crippen molar-refractivity contribution in [2.75, 3.05) is 37.4 Å². The third-order valence-electron chi connectivity index (χ3n) is 6.16. The van der Waals surface area contributed by atoms with Crippen molar-refractivity contribution in [3.63, 3.8) is 0 Å². The maximum atomic E-state index is 12.4. The number of halogens is 3. The summed E-state index contributed by atoms with van der Waals surface area (Å²) in [5, 5.41) is 3.65. The zero-order valence-corrected chi connectivity index (χ0v) is 20.3. The Hall–Kier alpha value is -3.66. The highest BCUT2D eigenvalue weighted by molar-refractivity contribution is 6.03. The Morgan fingerprint density at radius 3 is 2.44 bits per heavy atom. The molecule has 0 aliphatic carbocycles. The molecule has 1 aromatic heterocycles. The van der Waals surface area contributed by atoms with E-state index in [1.54, 1.807) is 6.07 Å². The molecule has 0 unspecified atom stereocenters. The number of fused-ring (bicyclic) bond motifs is 1. The second kappa shape index (κ2) is 10.5. The lowest BCUT2D eigenvalue weighted by Crippen LogP contribution is -2.42. The lowest BCUT2D eigenvalue weighted by Gasteiger charge is -2.35. The van der Waals surface area contributed by atoms with Crippen LogP contribution >= 0.6 is 0 Å². The minimum absolute atomic E-state index is 0.320. The molecule has 0 saturated carbocycles. The number of nitrogens with one attached hydrogen (secondary N) is 1. The number of anilines is 2. The molecule has 190 valence electrons. The van der Waals surface area contributed by atoms with Crippen LogP contribution in [0.2, 0.25) is 0 Å². The topological polar surface area (TPSA) is 70.6 Å². The van der Waals surface area contributed by atoms with Gasteiger partial charge < -0.3 is 19.9 Å². The minimum atomic E-state index is -4.74. The van der Waals surface area contributed by atoms with Gasteiger partial charge in [-0.2, -0.15) is 0 Å². The van der Waals surface area contributed by atoms with Crippen LogP contribution in [0.15, 0.2) is 48.5 Å². The average Bonchev–Trinajstić information content (AvgIpc) is 2.83. The number of hydrogen-bond donors (Lipinski definition) is 1. The van der Waals surface area contributed by atoms with Gasteiger partial charge in [0.15, 0.2) is 0 Å². The van der Waals surface area contributed by atoms with E-state index < -0.39 is 6.36 Å². The van der Waals surface area contributed by atoms with Gasteiger partial charge in [-0.25, -0.2) is 9.97 Å². The monoisotopic (exact) mass is 499 g/mol. The van der Waals surface area contributed by atoms with Gasteiger partial charge in [-0.15, -0.1) is 13.2 Å². The molecule has 0 radical (unpaired) electrons. The molecule has 1 amide bonds. The summed E-state index contributed by atoms with van der Waals surface area (Å²) in [4.78, 5) is 26.3. The van der Waals surface area contributed by atoms with E-state index in [4.69, 9.17) is 9.97 Å². The van der Waals surface area contributed by atoms with Crippen LogP contribution in [-0.4, -0.2) is 60.4 Å². The van der Waals surface area contributed by atoms with Gasteiger partial charge in [-0.05, 0) is 75.8 Å². The van der Waals surface area contributed by atoms with Gasteiger partial charge in [-0.3, -0.25) is 4.79 Å². The Kier molecular flexibility index (Phi) is 7.44. The lowest BCUT2D eigenvalue weighted by molar-refractivity contribution is -0.274. The maximum absolute atomic E-state index is 12.4. The van der Waals surface area contributed by atoms with Crippen molar-refractivity contribution in [1.29, 1.82) is 0 Å². The number of aryl methyl sites for hydroxylation is 1. The summed E-state index contributed by atoms with van der Waals surface area (Å²) in [5.74, 6) is 0.0338. The van der Waals surface area contributed by atoms with Gasteiger partial charge in [0.05, 0.1) is 11.2 Å². The first-order valence-corrected chi connectivity index (χ1v) is 11.6. The predicted molar refractivity (Wildman–Crippen MR) is 134 cm³/mol. The Morgan fingerprint density at radius 2 is 1.81 bits per heavy atom. The zero-order valence-electron chi connectivity index (χ0n) is 20.3. The van der Waals surface area contributed by atoms with Crippen molar-refractivity contribution >= 4 is 34.5 Å². The Balaban J connectivity index is 1.40. The molecule has 3 aromatic rings. The first-order valence-electron chi connectivity index (χ1n) is 11.6. The van der Waals surface area contributed by atoms with E-state index in [9.17, 15) is 18.0 Å². The SMILES string of the molecule is Cc1nc(N2CCC(N(C)C)CC2)nc2ccc(NC(=O)C=Cc3ccc(OC(F)(F)F)cc3)cc12. The third-order valence-corrected chi connectivity index (χ3v) is 6.16. The molecule has 7 nitrogen and oxygen atoms in total. The number of ether oxygens (including phenoxy) is 1. The summed E-state index contributed by atoms with van der Waals surface area (Å²) in [6.07, 6.45) is 0.210. The molecule has 1 saturated heterocycles. The van der Waals surface area contributed by atoms with Crippen LogP contribution in [0.1, 0.15) is 24.1 Å². The van der Waals surface area contributed by atoms with E-state index >= 15 is 0 Å². The number of carbonyl (C=O) groups is 1. The molecule has 1 fully saturated rings. The summed E-state index contributed by atoms with van der Waals surface area (Å²) in [6.45, 7) is 3.75. The van der Waals surface area contributed by atoms with E-state index in [1.807, 2.05) is 19.1 Å². The summed E-state index contributed by atoms with van der Waals surface area (Å²) >= 11 is 0. The summed E-state index contributed by atoms with van der Waals surface area (Å²) in [7, 11) is 4.22. The van der Waals surface area contributed by atoms with Crippen molar-refractivity contribution in [2.45, 2.75) is 32.2 Å². The van der Waals surface area contributed by atoms with Crippen molar-refractivity contribution in [3.8, 4) is 5.75 Å². The van der Waals surface area contributed by atoms with Gasteiger partial charge in [0.1, 0.15) is 5.75 Å². The highest BCUT2D eigenvalue weighted by atomic mass is 19.4. The summed E-state index contributed by atoms with van der Waals surface area (Å²) in [5.41, 5.74) is 2.79. The number of rotatable bonds is 6. The van der Waals surface area contributed by atoms with Crippen molar-refractivity contribution in [1.82, 2.24) is 14.9 Å². The van der Waals surface area contributed by atoms with E-state index in [0.29, 0.717) is 17.3 Å². The van der Waals surface area contributed by atoms with Crippen LogP contribution in [0.25, 0.3) is 17.0 Å². The molecule has 4 rings (SSSR count). The molecular weight excluding hydrogens is 471 g/mol. The normalized spacial score (nSPS) is 15.1. The van der Waals surface area contributed by atoms with E-state index in [0.717, 1.165) is 48.5 Å². The standard InChI is InChI=1S/C26H28F3N5O2/c1-17-22-16-19(31-24(35)11-6-18-4-8-21(9-5-18)36-26(27,28)29)7-10-23(22)32-25(30-17)34-14-12-20(13-15-34)33(2)3/h4-11,16,20H,12-15H2,1-3H3,(H,31,35). The number of piperidine rings is 1. The van der Waals surface area contributed by atoms with Crippen molar-refractivity contribution in [2.24, 2.45) is 0 Å². The van der Waals surface area contributed by atoms with Gasteiger partial charge in [0, 0.05) is 36.3 Å². The van der Waals surface area contributed by atoms with Crippen LogP contribution in [0.4, 0.5) is 24.8 Å². The van der Waals surface area contributed by atoms with E-state index in [2.05, 4.69) is 33.9 Å². The van der Waals surface area contributed by atoms with Gasteiger partial charge in [-0.1, -0.05) is 12.1 Å². The quantitative estimate of drug-likeness (QED) is 0.481. The number of carbonyl (C=O) groups excluding carboxylic acids is 1. The largest absolute Gasteiger partial charge is 0.573 e. The third kappa shape index (κ3) is 6.51. The number of alkyl halides is 3. The lowest BCUT2D eigenvalue weighted by atomic mass is 10.0. The molecule has 0 atom stereocenters. The predicted octanol–water partition coefficient (Wildman–Crippen LogP) is 5.02.